The standard InChI is InChI=1S/C17H16N2S2/c1-2-6-15-14(4-1)5-3-7-16(15)17(20-10-11-21-17)12-19-9-8-18-13-19/h1-9,13H,10-12H2. The van der Waals surface area contributed by atoms with E-state index >= 15 is 0 Å². The van der Waals surface area contributed by atoms with Gasteiger partial charge in [-0.05, 0) is 16.3 Å². The fourth-order valence-corrected chi connectivity index (χ4v) is 6.27. The zero-order valence-corrected chi connectivity index (χ0v) is 13.2. The smallest absolute Gasteiger partial charge is 0.105 e. The molecule has 0 saturated carbocycles. The van der Waals surface area contributed by atoms with Gasteiger partial charge in [-0.15, -0.1) is 23.5 Å². The Balaban J connectivity index is 1.86. The first kappa shape index (κ1) is 13.3. The third kappa shape index (κ3) is 2.36. The van der Waals surface area contributed by atoms with Gasteiger partial charge in [-0.1, -0.05) is 42.5 Å². The van der Waals surface area contributed by atoms with Crippen LogP contribution in [0, 0.1) is 0 Å². The molecule has 21 heavy (non-hydrogen) atoms. The highest BCUT2D eigenvalue weighted by Gasteiger charge is 2.38. The molecular weight excluding hydrogens is 296 g/mol. The van der Waals surface area contributed by atoms with Crippen molar-refractivity contribution in [3.8, 4) is 0 Å². The molecule has 0 radical (unpaired) electrons. The van der Waals surface area contributed by atoms with Crippen molar-refractivity contribution in [3.63, 3.8) is 0 Å². The van der Waals surface area contributed by atoms with Gasteiger partial charge in [0.05, 0.1) is 12.9 Å². The van der Waals surface area contributed by atoms with E-state index in [0.717, 1.165) is 6.54 Å². The van der Waals surface area contributed by atoms with Crippen LogP contribution in [0.25, 0.3) is 10.8 Å². The van der Waals surface area contributed by atoms with Crippen LogP contribution < -0.4 is 0 Å². The van der Waals surface area contributed by atoms with Crippen LogP contribution >= 0.6 is 23.5 Å². The topological polar surface area (TPSA) is 17.8 Å². The molecule has 1 aromatic heterocycles. The molecule has 1 fully saturated rings. The van der Waals surface area contributed by atoms with Gasteiger partial charge in [-0.3, -0.25) is 0 Å². The molecule has 1 aliphatic heterocycles. The molecule has 0 amide bonds. The van der Waals surface area contributed by atoms with E-state index in [9.17, 15) is 0 Å². The predicted molar refractivity (Wildman–Crippen MR) is 92.8 cm³/mol. The lowest BCUT2D eigenvalue weighted by Crippen LogP contribution is -2.22. The number of imidazole rings is 1. The lowest BCUT2D eigenvalue weighted by atomic mass is 10.0. The van der Waals surface area contributed by atoms with Gasteiger partial charge in [0.2, 0.25) is 0 Å². The third-order valence-corrected chi connectivity index (χ3v) is 7.32. The second kappa shape index (κ2) is 5.43. The fraction of sp³-hybridized carbons (Fsp3) is 0.235. The van der Waals surface area contributed by atoms with E-state index in [1.807, 2.05) is 12.5 Å². The van der Waals surface area contributed by atoms with Gasteiger partial charge >= 0.3 is 0 Å². The van der Waals surface area contributed by atoms with Crippen LogP contribution in [0.1, 0.15) is 5.56 Å². The van der Waals surface area contributed by atoms with Crippen molar-refractivity contribution in [2.45, 2.75) is 10.6 Å². The zero-order chi connectivity index (χ0) is 14.1. The summed E-state index contributed by atoms with van der Waals surface area (Å²) in [6.45, 7) is 0.969. The summed E-state index contributed by atoms with van der Waals surface area (Å²) in [5.74, 6) is 2.42. The maximum absolute atomic E-state index is 4.20. The minimum Gasteiger partial charge on any atom is -0.335 e. The van der Waals surface area contributed by atoms with Crippen molar-refractivity contribution >= 4 is 34.3 Å². The highest BCUT2D eigenvalue weighted by molar-refractivity contribution is 8.20. The average Bonchev–Trinajstić information content (AvgIpc) is 3.20. The molecule has 3 aromatic rings. The molecule has 0 atom stereocenters. The normalized spacial score (nSPS) is 17.3. The Hall–Kier alpha value is -1.39. The fourth-order valence-electron chi connectivity index (χ4n) is 2.96. The van der Waals surface area contributed by atoms with Gasteiger partial charge in [-0.25, -0.2) is 4.98 Å². The molecule has 4 rings (SSSR count). The number of benzene rings is 2. The van der Waals surface area contributed by atoms with Crippen LogP contribution in [0.15, 0.2) is 61.2 Å². The number of nitrogens with zero attached hydrogens (tertiary/aromatic N) is 2. The average molecular weight is 312 g/mol. The number of aromatic nitrogens is 2. The maximum Gasteiger partial charge on any atom is 0.105 e. The molecule has 4 heteroatoms. The summed E-state index contributed by atoms with van der Waals surface area (Å²) in [6, 6.07) is 15.4. The van der Waals surface area contributed by atoms with E-state index in [-0.39, 0.29) is 4.08 Å². The van der Waals surface area contributed by atoms with E-state index in [4.69, 9.17) is 0 Å². The third-order valence-electron chi connectivity index (χ3n) is 3.90. The minimum absolute atomic E-state index is 0.0988. The first-order valence-electron chi connectivity index (χ1n) is 7.09. The summed E-state index contributed by atoms with van der Waals surface area (Å²) in [5, 5.41) is 2.70. The molecule has 0 unspecified atom stereocenters. The Morgan fingerprint density at radius 1 is 1.05 bits per heavy atom. The van der Waals surface area contributed by atoms with E-state index in [0.29, 0.717) is 0 Å². The maximum atomic E-state index is 4.20. The molecule has 0 spiro atoms. The predicted octanol–water partition coefficient (Wildman–Crippen LogP) is 4.37. The first-order chi connectivity index (χ1) is 10.4. The monoisotopic (exact) mass is 312 g/mol. The molecular formula is C17H16N2S2. The van der Waals surface area contributed by atoms with Gasteiger partial charge in [0.25, 0.3) is 0 Å². The van der Waals surface area contributed by atoms with Crippen LogP contribution in [-0.4, -0.2) is 21.1 Å². The van der Waals surface area contributed by atoms with Crippen molar-refractivity contribution in [1.82, 2.24) is 9.55 Å². The summed E-state index contributed by atoms with van der Waals surface area (Å²) >= 11 is 4.14. The molecule has 1 saturated heterocycles. The molecule has 0 aliphatic carbocycles. The lowest BCUT2D eigenvalue weighted by Gasteiger charge is -2.29. The van der Waals surface area contributed by atoms with Gasteiger partial charge in [-0.2, -0.15) is 0 Å². The van der Waals surface area contributed by atoms with E-state index in [1.165, 1.54) is 27.8 Å². The lowest BCUT2D eigenvalue weighted by molar-refractivity contribution is 0.655. The molecule has 2 heterocycles. The van der Waals surface area contributed by atoms with E-state index in [1.54, 1.807) is 0 Å². The Kier molecular flexibility index (Phi) is 3.43. The number of thioether (sulfide) groups is 2. The van der Waals surface area contributed by atoms with Gasteiger partial charge in [0.1, 0.15) is 4.08 Å². The molecule has 1 aliphatic rings. The summed E-state index contributed by atoms with van der Waals surface area (Å²) in [5.41, 5.74) is 1.45. The first-order valence-corrected chi connectivity index (χ1v) is 9.06. The van der Waals surface area contributed by atoms with Gasteiger partial charge in [0.15, 0.2) is 0 Å². The van der Waals surface area contributed by atoms with E-state index < -0.39 is 0 Å². The highest BCUT2D eigenvalue weighted by atomic mass is 32.2. The molecule has 2 nitrogen and oxygen atoms in total. The Morgan fingerprint density at radius 2 is 1.86 bits per heavy atom. The second-order valence-electron chi connectivity index (χ2n) is 5.21. The van der Waals surface area contributed by atoms with Crippen LogP contribution in [0.3, 0.4) is 0 Å². The van der Waals surface area contributed by atoms with Crippen molar-refractivity contribution in [2.24, 2.45) is 0 Å². The van der Waals surface area contributed by atoms with Gasteiger partial charge < -0.3 is 4.57 Å². The Bertz CT molecular complexity index is 741. The number of hydrogen-bond donors (Lipinski definition) is 0. The molecule has 0 N–H and O–H groups in total. The quantitative estimate of drug-likeness (QED) is 0.715. The van der Waals surface area contributed by atoms with Crippen LogP contribution in [0.2, 0.25) is 0 Å². The Morgan fingerprint density at radius 3 is 2.67 bits per heavy atom. The molecule has 106 valence electrons. The number of fused-ring (bicyclic) bond motifs is 1. The minimum atomic E-state index is 0.0988. The van der Waals surface area contributed by atoms with Crippen molar-refractivity contribution < 1.29 is 0 Å². The van der Waals surface area contributed by atoms with Crippen molar-refractivity contribution in [3.05, 3.63) is 66.7 Å². The second-order valence-corrected chi connectivity index (χ2v) is 8.26. The number of rotatable bonds is 3. The summed E-state index contributed by atoms with van der Waals surface area (Å²) in [6.07, 6.45) is 5.85. The zero-order valence-electron chi connectivity index (χ0n) is 11.6. The van der Waals surface area contributed by atoms with Crippen LogP contribution in [0.5, 0.6) is 0 Å². The summed E-state index contributed by atoms with van der Waals surface area (Å²) < 4.78 is 2.30. The highest BCUT2D eigenvalue weighted by Crippen LogP contribution is 2.54. The van der Waals surface area contributed by atoms with Crippen LogP contribution in [0.4, 0.5) is 0 Å². The van der Waals surface area contributed by atoms with Crippen LogP contribution in [-0.2, 0) is 10.6 Å². The Labute approximate surface area is 133 Å². The largest absolute Gasteiger partial charge is 0.335 e. The number of hydrogen-bond acceptors (Lipinski definition) is 3. The molecule has 0 bridgehead atoms. The van der Waals surface area contributed by atoms with Crippen molar-refractivity contribution in [2.75, 3.05) is 11.5 Å². The molecule has 2 aromatic carbocycles. The van der Waals surface area contributed by atoms with Crippen molar-refractivity contribution in [1.29, 1.82) is 0 Å². The van der Waals surface area contributed by atoms with Gasteiger partial charge in [0, 0.05) is 23.9 Å². The summed E-state index contributed by atoms with van der Waals surface area (Å²) in [4.78, 5) is 4.20. The summed E-state index contributed by atoms with van der Waals surface area (Å²) in [7, 11) is 0. The van der Waals surface area contributed by atoms with E-state index in [2.05, 4.69) is 81.7 Å². The SMILES string of the molecule is c1ccc2c(C3(Cn4ccnc4)SCCS3)cccc2c1.